The van der Waals surface area contributed by atoms with E-state index in [0.717, 1.165) is 0 Å². The van der Waals surface area contributed by atoms with Gasteiger partial charge in [-0.15, -0.1) is 12.4 Å². The number of amides is 2. The Balaban J connectivity index is 0.00000242. The summed E-state index contributed by atoms with van der Waals surface area (Å²) < 4.78 is 25.9. The Morgan fingerprint density at radius 2 is 1.95 bits per heavy atom. The van der Waals surface area contributed by atoms with Crippen molar-refractivity contribution in [3.05, 3.63) is 29.3 Å². The second-order valence-corrected chi connectivity index (χ2v) is 5.20. The molecule has 0 bridgehead atoms. The van der Waals surface area contributed by atoms with Crippen molar-refractivity contribution in [2.24, 2.45) is 0 Å². The van der Waals surface area contributed by atoms with Crippen molar-refractivity contribution in [3.63, 3.8) is 0 Å². The number of halogens is 4. The van der Waals surface area contributed by atoms with E-state index in [2.05, 4.69) is 16.0 Å². The molecule has 0 aliphatic carbocycles. The lowest BCUT2D eigenvalue weighted by atomic mass is 10.2. The van der Waals surface area contributed by atoms with Crippen LogP contribution in [0.15, 0.2) is 24.3 Å². The molecule has 0 aromatic heterocycles. The molecular formula is C13H15Cl2F2N3O2. The van der Waals surface area contributed by atoms with E-state index in [-0.39, 0.29) is 19.0 Å². The SMILES string of the molecule is Cl.O=C(CNC(=O)C1CC(F)(F)CN1)Nc1ccc(Cl)cc1. The summed E-state index contributed by atoms with van der Waals surface area (Å²) in [7, 11) is 0. The number of anilines is 1. The van der Waals surface area contributed by atoms with Crippen LogP contribution in [0.2, 0.25) is 5.02 Å². The number of carbonyl (C=O) groups is 2. The van der Waals surface area contributed by atoms with Gasteiger partial charge in [-0.2, -0.15) is 0 Å². The molecule has 0 spiro atoms. The Labute approximate surface area is 137 Å². The number of carbonyl (C=O) groups excluding carboxylic acids is 2. The van der Waals surface area contributed by atoms with Crippen LogP contribution in [0.1, 0.15) is 6.42 Å². The van der Waals surface area contributed by atoms with Crippen molar-refractivity contribution >= 4 is 41.5 Å². The Morgan fingerprint density at radius 1 is 1.32 bits per heavy atom. The minimum absolute atomic E-state index is 0. The molecule has 2 rings (SSSR count). The summed E-state index contributed by atoms with van der Waals surface area (Å²) in [6.45, 7) is -0.812. The summed E-state index contributed by atoms with van der Waals surface area (Å²) in [6, 6.07) is 5.48. The molecule has 2 amide bonds. The smallest absolute Gasteiger partial charge is 0.262 e. The first-order valence-corrected chi connectivity index (χ1v) is 6.68. The highest BCUT2D eigenvalue weighted by molar-refractivity contribution is 6.30. The largest absolute Gasteiger partial charge is 0.346 e. The quantitative estimate of drug-likeness (QED) is 0.773. The van der Waals surface area contributed by atoms with Crippen molar-refractivity contribution < 1.29 is 18.4 Å². The molecule has 1 aromatic rings. The summed E-state index contributed by atoms with van der Waals surface area (Å²) in [6.07, 6.45) is -0.558. The first kappa shape index (κ1) is 18.6. The number of alkyl halides is 2. The number of rotatable bonds is 4. The van der Waals surface area contributed by atoms with Crippen LogP contribution in [-0.4, -0.2) is 36.9 Å². The molecule has 1 atom stereocenters. The summed E-state index contributed by atoms with van der Waals surface area (Å²) >= 11 is 5.71. The molecule has 1 fully saturated rings. The van der Waals surface area contributed by atoms with Gasteiger partial charge in [-0.25, -0.2) is 8.78 Å². The van der Waals surface area contributed by atoms with Gasteiger partial charge in [0.05, 0.1) is 19.1 Å². The third kappa shape index (κ3) is 5.40. The first-order valence-electron chi connectivity index (χ1n) is 6.30. The summed E-state index contributed by atoms with van der Waals surface area (Å²) in [5.74, 6) is -3.94. The van der Waals surface area contributed by atoms with Crippen molar-refractivity contribution in [2.45, 2.75) is 18.4 Å². The van der Waals surface area contributed by atoms with E-state index in [1.807, 2.05) is 0 Å². The highest BCUT2D eigenvalue weighted by Crippen LogP contribution is 2.24. The average molecular weight is 354 g/mol. The van der Waals surface area contributed by atoms with Crippen molar-refractivity contribution in [1.82, 2.24) is 10.6 Å². The predicted octanol–water partition coefficient (Wildman–Crippen LogP) is 1.81. The van der Waals surface area contributed by atoms with Crippen LogP contribution in [-0.2, 0) is 9.59 Å². The van der Waals surface area contributed by atoms with Gasteiger partial charge in [-0.05, 0) is 24.3 Å². The second kappa shape index (κ2) is 7.71. The molecule has 1 saturated heterocycles. The molecule has 0 saturated carbocycles. The summed E-state index contributed by atoms with van der Waals surface area (Å²) in [5.41, 5.74) is 0.532. The van der Waals surface area contributed by atoms with Gasteiger partial charge in [0.15, 0.2) is 0 Å². The lowest BCUT2D eigenvalue weighted by Gasteiger charge is -2.11. The minimum atomic E-state index is -2.88. The Kier molecular flexibility index (Phi) is 6.52. The van der Waals surface area contributed by atoms with Crippen LogP contribution in [0, 0.1) is 0 Å². The zero-order valence-electron chi connectivity index (χ0n) is 11.4. The zero-order chi connectivity index (χ0) is 15.5. The standard InChI is InChI=1S/C13H14ClF2N3O2.ClH/c14-8-1-3-9(4-2-8)19-11(20)6-17-12(21)10-5-13(15,16)7-18-10;/h1-4,10,18H,5-7H2,(H,17,21)(H,19,20);1H. The van der Waals surface area contributed by atoms with Gasteiger partial charge >= 0.3 is 0 Å². The fourth-order valence-corrected chi connectivity index (χ4v) is 2.06. The highest BCUT2D eigenvalue weighted by atomic mass is 35.5. The number of hydrogen-bond donors (Lipinski definition) is 3. The zero-order valence-corrected chi connectivity index (χ0v) is 12.9. The molecule has 122 valence electrons. The van der Waals surface area contributed by atoms with E-state index in [1.54, 1.807) is 24.3 Å². The van der Waals surface area contributed by atoms with Gasteiger partial charge in [0.1, 0.15) is 0 Å². The van der Waals surface area contributed by atoms with Crippen molar-refractivity contribution in [1.29, 1.82) is 0 Å². The lowest BCUT2D eigenvalue weighted by Crippen LogP contribution is -2.43. The van der Waals surface area contributed by atoms with Gasteiger partial charge < -0.3 is 10.6 Å². The third-order valence-corrected chi connectivity index (χ3v) is 3.23. The second-order valence-electron chi connectivity index (χ2n) is 4.77. The molecule has 1 aromatic carbocycles. The number of hydrogen-bond acceptors (Lipinski definition) is 3. The topological polar surface area (TPSA) is 70.2 Å². The van der Waals surface area contributed by atoms with E-state index in [1.165, 1.54) is 0 Å². The molecule has 1 aliphatic heterocycles. The summed E-state index contributed by atoms with van der Waals surface area (Å²) in [4.78, 5) is 23.2. The van der Waals surface area contributed by atoms with E-state index in [0.29, 0.717) is 10.7 Å². The molecule has 0 radical (unpaired) electrons. The van der Waals surface area contributed by atoms with Crippen LogP contribution in [0.25, 0.3) is 0 Å². The maximum atomic E-state index is 12.9. The van der Waals surface area contributed by atoms with Gasteiger partial charge in [0.2, 0.25) is 11.8 Å². The molecule has 5 nitrogen and oxygen atoms in total. The molecule has 9 heteroatoms. The predicted molar refractivity (Wildman–Crippen MR) is 81.7 cm³/mol. The molecule has 22 heavy (non-hydrogen) atoms. The fraction of sp³-hybridized carbons (Fsp3) is 0.385. The Morgan fingerprint density at radius 3 is 2.50 bits per heavy atom. The molecule has 1 heterocycles. The lowest BCUT2D eigenvalue weighted by molar-refractivity contribution is -0.125. The minimum Gasteiger partial charge on any atom is -0.346 e. The Hall–Kier alpha value is -1.44. The highest BCUT2D eigenvalue weighted by Gasteiger charge is 2.42. The monoisotopic (exact) mass is 353 g/mol. The molecule has 1 aliphatic rings. The van der Waals surface area contributed by atoms with Crippen molar-refractivity contribution in [2.75, 3.05) is 18.4 Å². The first-order chi connectivity index (χ1) is 9.85. The van der Waals surface area contributed by atoms with Crippen LogP contribution in [0.3, 0.4) is 0 Å². The van der Waals surface area contributed by atoms with E-state index >= 15 is 0 Å². The van der Waals surface area contributed by atoms with E-state index < -0.39 is 36.7 Å². The molecule has 3 N–H and O–H groups in total. The molecular weight excluding hydrogens is 339 g/mol. The van der Waals surface area contributed by atoms with Crippen LogP contribution < -0.4 is 16.0 Å². The van der Waals surface area contributed by atoms with Crippen LogP contribution >= 0.6 is 24.0 Å². The van der Waals surface area contributed by atoms with Gasteiger partial charge in [-0.1, -0.05) is 11.6 Å². The van der Waals surface area contributed by atoms with Crippen molar-refractivity contribution in [3.8, 4) is 0 Å². The Bertz CT molecular complexity index is 541. The van der Waals surface area contributed by atoms with Gasteiger partial charge in [-0.3, -0.25) is 14.9 Å². The maximum absolute atomic E-state index is 12.9. The maximum Gasteiger partial charge on any atom is 0.262 e. The van der Waals surface area contributed by atoms with Crippen LogP contribution in [0.4, 0.5) is 14.5 Å². The van der Waals surface area contributed by atoms with Gasteiger partial charge in [0, 0.05) is 17.1 Å². The fourth-order valence-electron chi connectivity index (χ4n) is 1.93. The molecule has 1 unspecified atom stereocenters. The number of benzene rings is 1. The van der Waals surface area contributed by atoms with Crippen LogP contribution in [0.5, 0.6) is 0 Å². The van der Waals surface area contributed by atoms with E-state index in [9.17, 15) is 18.4 Å². The summed E-state index contributed by atoms with van der Waals surface area (Å²) in [5, 5.41) is 7.83. The average Bonchev–Trinajstić information content (AvgIpc) is 2.79. The normalized spacial score (nSPS) is 19.1. The van der Waals surface area contributed by atoms with E-state index in [4.69, 9.17) is 11.6 Å². The number of nitrogens with one attached hydrogen (secondary N) is 3. The third-order valence-electron chi connectivity index (χ3n) is 2.98. The van der Waals surface area contributed by atoms with Gasteiger partial charge in [0.25, 0.3) is 5.92 Å².